The second-order valence-electron chi connectivity index (χ2n) is 1.80. The summed E-state index contributed by atoms with van der Waals surface area (Å²) in [6.07, 6.45) is 0. The maximum absolute atomic E-state index is 10.7. The van der Waals surface area contributed by atoms with Gasteiger partial charge in [0.1, 0.15) is 0 Å². The van der Waals surface area contributed by atoms with Crippen LogP contribution in [0.25, 0.3) is 0 Å². The van der Waals surface area contributed by atoms with Crippen LogP contribution in [0.5, 0.6) is 5.75 Å². The van der Waals surface area contributed by atoms with Crippen LogP contribution in [-0.2, 0) is 0 Å². The Morgan fingerprint density at radius 1 is 1.36 bits per heavy atom. The first-order valence-electron chi connectivity index (χ1n) is 2.71. The minimum absolute atomic E-state index is 0. The molecule has 0 heterocycles. The summed E-state index contributed by atoms with van der Waals surface area (Å²) in [7, 11) is 0. The Balaban J connectivity index is 0.000001000. The predicted octanol–water partition coefficient (Wildman–Crippen LogP) is 0.835. The monoisotopic (exact) mass is 155 g/mol. The number of quaternary nitrogens is 1. The number of rotatable bonds is 1. The predicted molar refractivity (Wildman–Crippen MR) is 38.8 cm³/mol. The topological polar surface area (TPSA) is 96.9 Å². The molecule has 4 nitrogen and oxygen atoms in total. The van der Waals surface area contributed by atoms with Crippen LogP contribution in [0.4, 0.5) is 0 Å². The number of benzene rings is 1. The number of para-hydroxylation sites is 1. The van der Waals surface area contributed by atoms with Crippen molar-refractivity contribution in [3.8, 4) is 5.75 Å². The summed E-state index contributed by atoms with van der Waals surface area (Å²) in [5.74, 6) is -1.62. The van der Waals surface area contributed by atoms with Gasteiger partial charge in [0.15, 0.2) is 0 Å². The molecule has 0 aliphatic carbocycles. The molecular formula is C7H9NO3. The molecule has 0 aromatic heterocycles. The summed E-state index contributed by atoms with van der Waals surface area (Å²) in [4.78, 5) is 10.2. The Bertz CT molecular complexity index is 260. The summed E-state index contributed by atoms with van der Waals surface area (Å²) in [5.41, 5.74) is -0.178. The van der Waals surface area contributed by atoms with Crippen LogP contribution in [-0.4, -0.2) is 11.1 Å². The molecule has 0 aliphatic rings. The zero-order valence-corrected chi connectivity index (χ0v) is 6.07. The number of hydrogen-bond donors (Lipinski definition) is 2. The molecule has 0 amide bonds. The summed E-state index contributed by atoms with van der Waals surface area (Å²) < 4.78 is 0. The van der Waals surface area contributed by atoms with Crippen LogP contribution in [0.1, 0.15) is 10.4 Å². The van der Waals surface area contributed by atoms with Crippen LogP contribution in [0.2, 0.25) is 0 Å². The SMILES string of the molecule is O=C(O)c1ccccc1[O-].[NH4+]. The van der Waals surface area contributed by atoms with Gasteiger partial charge in [0.25, 0.3) is 0 Å². The van der Waals surface area contributed by atoms with Crippen molar-refractivity contribution in [2.45, 2.75) is 0 Å². The van der Waals surface area contributed by atoms with Gasteiger partial charge in [-0.15, -0.1) is 0 Å². The van der Waals surface area contributed by atoms with E-state index in [1.54, 1.807) is 0 Å². The highest BCUT2D eigenvalue weighted by Gasteiger charge is 1.99. The van der Waals surface area contributed by atoms with Crippen molar-refractivity contribution >= 4 is 5.97 Å². The van der Waals surface area contributed by atoms with Crippen molar-refractivity contribution in [1.82, 2.24) is 6.15 Å². The largest absolute Gasteiger partial charge is 0.872 e. The Hall–Kier alpha value is -1.55. The van der Waals surface area contributed by atoms with Gasteiger partial charge in [-0.3, -0.25) is 0 Å². The van der Waals surface area contributed by atoms with E-state index in [2.05, 4.69) is 0 Å². The highest BCUT2D eigenvalue weighted by Crippen LogP contribution is 2.10. The van der Waals surface area contributed by atoms with E-state index in [4.69, 9.17) is 5.11 Å². The van der Waals surface area contributed by atoms with Crippen LogP contribution < -0.4 is 11.3 Å². The summed E-state index contributed by atoms with van der Waals surface area (Å²) in [6.45, 7) is 0. The van der Waals surface area contributed by atoms with E-state index < -0.39 is 11.7 Å². The molecule has 1 aromatic carbocycles. The fraction of sp³-hybridized carbons (Fsp3) is 0. The maximum Gasteiger partial charge on any atom is 0.335 e. The molecule has 0 fully saturated rings. The Kier molecular flexibility index (Phi) is 3.07. The Labute approximate surface area is 63.7 Å². The molecule has 0 unspecified atom stereocenters. The third-order valence-corrected chi connectivity index (χ3v) is 1.12. The lowest BCUT2D eigenvalue weighted by Gasteiger charge is -2.07. The van der Waals surface area contributed by atoms with Gasteiger partial charge in [0.05, 0.1) is 5.56 Å². The zero-order valence-electron chi connectivity index (χ0n) is 6.07. The highest BCUT2D eigenvalue weighted by molar-refractivity contribution is 5.90. The molecule has 5 N–H and O–H groups in total. The van der Waals surface area contributed by atoms with E-state index >= 15 is 0 Å². The number of carboxylic acids is 1. The summed E-state index contributed by atoms with van der Waals surface area (Å²) >= 11 is 0. The summed E-state index contributed by atoms with van der Waals surface area (Å²) in [6, 6.07) is 5.54. The van der Waals surface area contributed by atoms with Crippen molar-refractivity contribution in [3.05, 3.63) is 29.8 Å². The van der Waals surface area contributed by atoms with Gasteiger partial charge in [-0.05, 0) is 6.07 Å². The summed E-state index contributed by atoms with van der Waals surface area (Å²) in [5, 5.41) is 19.0. The second kappa shape index (κ2) is 3.58. The smallest absolute Gasteiger partial charge is 0.335 e. The van der Waals surface area contributed by atoms with Gasteiger partial charge in [-0.25, -0.2) is 4.79 Å². The standard InChI is InChI=1S/C7H6O3.H3N/c8-6-4-2-1-3-5(6)7(9)10;/h1-4,8H,(H,9,10);1H3. The maximum atomic E-state index is 10.7. The van der Waals surface area contributed by atoms with Crippen molar-refractivity contribution in [2.75, 3.05) is 0 Å². The number of carboxylic acid groups (broad SMARTS) is 1. The first kappa shape index (κ1) is 9.45. The molecule has 0 bridgehead atoms. The van der Waals surface area contributed by atoms with Gasteiger partial charge < -0.3 is 16.4 Å². The van der Waals surface area contributed by atoms with E-state index in [1.807, 2.05) is 0 Å². The third-order valence-electron chi connectivity index (χ3n) is 1.12. The Morgan fingerprint density at radius 2 is 1.91 bits per heavy atom. The average Bonchev–Trinajstić information content (AvgIpc) is 1.88. The molecular weight excluding hydrogens is 146 g/mol. The lowest BCUT2D eigenvalue weighted by atomic mass is 10.2. The first-order chi connectivity index (χ1) is 4.72. The molecule has 0 aliphatic heterocycles. The average molecular weight is 155 g/mol. The number of aromatic carboxylic acids is 1. The van der Waals surface area contributed by atoms with Crippen LogP contribution in [0.15, 0.2) is 24.3 Å². The fourth-order valence-electron chi connectivity index (χ4n) is 0.643. The molecule has 1 aromatic rings. The van der Waals surface area contributed by atoms with Crippen molar-refractivity contribution in [3.63, 3.8) is 0 Å². The van der Waals surface area contributed by atoms with Gasteiger partial charge >= 0.3 is 5.97 Å². The van der Waals surface area contributed by atoms with Crippen molar-refractivity contribution in [1.29, 1.82) is 0 Å². The zero-order chi connectivity index (χ0) is 7.56. The van der Waals surface area contributed by atoms with Crippen LogP contribution >= 0.6 is 0 Å². The highest BCUT2D eigenvalue weighted by atomic mass is 16.4. The van der Waals surface area contributed by atoms with E-state index in [-0.39, 0.29) is 11.7 Å². The van der Waals surface area contributed by atoms with E-state index in [0.717, 1.165) is 0 Å². The molecule has 0 atom stereocenters. The fourth-order valence-corrected chi connectivity index (χ4v) is 0.643. The minimum atomic E-state index is -1.18. The van der Waals surface area contributed by atoms with Crippen molar-refractivity contribution < 1.29 is 15.0 Å². The van der Waals surface area contributed by atoms with Crippen molar-refractivity contribution in [2.24, 2.45) is 0 Å². The third kappa shape index (κ3) is 1.94. The van der Waals surface area contributed by atoms with Crippen LogP contribution in [0, 0.1) is 0 Å². The van der Waals surface area contributed by atoms with E-state index in [9.17, 15) is 9.90 Å². The Morgan fingerprint density at radius 3 is 2.27 bits per heavy atom. The molecule has 0 radical (unpaired) electrons. The second-order valence-corrected chi connectivity index (χ2v) is 1.80. The molecule has 60 valence electrons. The van der Waals surface area contributed by atoms with Gasteiger partial charge in [-0.2, -0.15) is 0 Å². The normalized spacial score (nSPS) is 8.36. The molecule has 4 heteroatoms. The molecule has 0 saturated heterocycles. The molecule has 0 spiro atoms. The lowest BCUT2D eigenvalue weighted by Crippen LogP contribution is -2.02. The number of carbonyl (C=O) groups is 1. The van der Waals surface area contributed by atoms with Crippen LogP contribution in [0.3, 0.4) is 0 Å². The van der Waals surface area contributed by atoms with Gasteiger partial charge in [0.2, 0.25) is 0 Å². The minimum Gasteiger partial charge on any atom is -0.872 e. The lowest BCUT2D eigenvalue weighted by molar-refractivity contribution is -0.268. The first-order valence-corrected chi connectivity index (χ1v) is 2.71. The van der Waals surface area contributed by atoms with E-state index in [0.29, 0.717) is 0 Å². The van der Waals surface area contributed by atoms with E-state index in [1.165, 1.54) is 24.3 Å². The van der Waals surface area contributed by atoms with Gasteiger partial charge in [-0.1, -0.05) is 23.9 Å². The van der Waals surface area contributed by atoms with Gasteiger partial charge in [0, 0.05) is 0 Å². The number of hydrogen-bond acceptors (Lipinski definition) is 2. The molecule has 11 heavy (non-hydrogen) atoms. The molecule has 1 rings (SSSR count). The molecule has 0 saturated carbocycles. The quantitative estimate of drug-likeness (QED) is 0.628.